The van der Waals surface area contributed by atoms with E-state index in [0.717, 1.165) is 6.42 Å². The number of rotatable bonds is 1. The van der Waals surface area contributed by atoms with Gasteiger partial charge in [-0.2, -0.15) is 0 Å². The van der Waals surface area contributed by atoms with Gasteiger partial charge in [0.1, 0.15) is 11.6 Å². The number of hydrogen-bond donors (Lipinski definition) is 1. The molecule has 4 rings (SSSR count). The smallest absolute Gasteiger partial charge is 0.145 e. The van der Waals surface area contributed by atoms with Crippen molar-refractivity contribution in [2.45, 2.75) is 52.6 Å². The van der Waals surface area contributed by atoms with Gasteiger partial charge in [0.15, 0.2) is 0 Å². The molecule has 0 spiro atoms. The molecule has 0 aromatic heterocycles. The first-order chi connectivity index (χ1) is 8.09. The van der Waals surface area contributed by atoms with E-state index in [9.17, 15) is 14.7 Å². The second kappa shape index (κ2) is 3.06. The summed E-state index contributed by atoms with van der Waals surface area (Å²) in [6.07, 6.45) is 1.87. The zero-order chi connectivity index (χ0) is 13.5. The van der Waals surface area contributed by atoms with Crippen LogP contribution in [0.15, 0.2) is 0 Å². The molecule has 5 atom stereocenters. The largest absolute Gasteiger partial charge is 0.390 e. The highest BCUT2D eigenvalue weighted by Crippen LogP contribution is 2.67. The van der Waals surface area contributed by atoms with Crippen LogP contribution in [-0.4, -0.2) is 22.3 Å². The molecule has 0 radical (unpaired) electrons. The van der Waals surface area contributed by atoms with Crippen LogP contribution in [-0.2, 0) is 9.59 Å². The van der Waals surface area contributed by atoms with Gasteiger partial charge in [0.25, 0.3) is 0 Å². The third-order valence-corrected chi connectivity index (χ3v) is 5.85. The zero-order valence-electron chi connectivity index (χ0n) is 11.6. The van der Waals surface area contributed by atoms with E-state index >= 15 is 0 Å². The van der Waals surface area contributed by atoms with Crippen molar-refractivity contribution in [3.05, 3.63) is 0 Å². The van der Waals surface area contributed by atoms with Crippen molar-refractivity contribution >= 4 is 11.6 Å². The summed E-state index contributed by atoms with van der Waals surface area (Å²) in [5.74, 6) is 0.648. The highest BCUT2D eigenvalue weighted by molar-refractivity contribution is 6.04. The van der Waals surface area contributed by atoms with Gasteiger partial charge >= 0.3 is 0 Å². The second-order valence-electron chi connectivity index (χ2n) is 7.76. The van der Waals surface area contributed by atoms with Crippen LogP contribution in [0.2, 0.25) is 0 Å². The van der Waals surface area contributed by atoms with Crippen molar-refractivity contribution in [2.75, 3.05) is 0 Å². The second-order valence-corrected chi connectivity index (χ2v) is 7.76. The van der Waals surface area contributed by atoms with Crippen LogP contribution in [0, 0.1) is 28.6 Å². The zero-order valence-corrected chi connectivity index (χ0v) is 11.6. The van der Waals surface area contributed by atoms with Gasteiger partial charge in [0.05, 0.1) is 5.60 Å². The van der Waals surface area contributed by atoms with E-state index in [-0.39, 0.29) is 29.3 Å². The number of carbonyl (C=O) groups excluding carboxylic acids is 2. The molecule has 0 aromatic carbocycles. The van der Waals surface area contributed by atoms with Gasteiger partial charge in [0, 0.05) is 23.2 Å². The quantitative estimate of drug-likeness (QED) is 0.774. The van der Waals surface area contributed by atoms with Gasteiger partial charge in [-0.25, -0.2) is 0 Å². The lowest BCUT2D eigenvalue weighted by molar-refractivity contribution is -0.163. The summed E-state index contributed by atoms with van der Waals surface area (Å²) in [6.45, 7) is 7.52. The molecule has 0 amide bonds. The average Bonchev–Trinajstić information content (AvgIpc) is 2.47. The standard InChI is InChI=1S/C15H22O3/c1-13(2,18)9-6-15(4)11-8(9)5-14(3,12(15)17)7-10(11)16/h8-9,11,18H,5-7H2,1-4H3/t8-,9+,11+,14-,15+/m1/s1. The molecule has 3 heteroatoms. The van der Waals surface area contributed by atoms with Crippen molar-refractivity contribution < 1.29 is 14.7 Å². The molecule has 0 aliphatic heterocycles. The molecule has 0 heterocycles. The summed E-state index contributed by atoms with van der Waals surface area (Å²) in [5.41, 5.74) is -1.78. The van der Waals surface area contributed by atoms with Gasteiger partial charge in [-0.15, -0.1) is 0 Å². The predicted octanol–water partition coefficient (Wildman–Crippen LogP) is 1.97. The Kier molecular flexibility index (Phi) is 2.10. The molecule has 4 aliphatic rings. The Morgan fingerprint density at radius 1 is 1.22 bits per heavy atom. The van der Waals surface area contributed by atoms with Crippen LogP contribution in [0.3, 0.4) is 0 Å². The number of hydrogen-bond acceptors (Lipinski definition) is 3. The lowest BCUT2D eigenvalue weighted by Gasteiger charge is -2.51. The molecule has 100 valence electrons. The summed E-state index contributed by atoms with van der Waals surface area (Å²) >= 11 is 0. The molecular formula is C15H22O3. The molecule has 0 aromatic rings. The molecule has 0 saturated heterocycles. The summed E-state index contributed by atoms with van der Waals surface area (Å²) in [6, 6.07) is 0. The maximum absolute atomic E-state index is 12.7. The summed E-state index contributed by atoms with van der Waals surface area (Å²) in [4.78, 5) is 25.0. The third kappa shape index (κ3) is 1.24. The van der Waals surface area contributed by atoms with Crippen LogP contribution in [0.25, 0.3) is 0 Å². The fourth-order valence-electron chi connectivity index (χ4n) is 5.25. The van der Waals surface area contributed by atoms with Gasteiger partial charge in [-0.05, 0) is 38.5 Å². The SMILES string of the molecule is CC(C)(O)[C@H]1C[C@]2(C)C(=O)[C@@]3(C)CC(=O)[C@@H]2[C@@H]1C3. The predicted molar refractivity (Wildman–Crippen MR) is 66.8 cm³/mol. The molecule has 3 nitrogen and oxygen atoms in total. The van der Waals surface area contributed by atoms with Crippen LogP contribution in [0.5, 0.6) is 0 Å². The van der Waals surface area contributed by atoms with Gasteiger partial charge < -0.3 is 5.11 Å². The fraction of sp³-hybridized carbons (Fsp3) is 0.867. The summed E-state index contributed by atoms with van der Waals surface area (Å²) in [5, 5.41) is 10.3. The van der Waals surface area contributed by atoms with Gasteiger partial charge in [-0.3, -0.25) is 9.59 Å². The first-order valence-corrected chi connectivity index (χ1v) is 6.90. The molecule has 18 heavy (non-hydrogen) atoms. The van der Waals surface area contributed by atoms with E-state index in [1.807, 2.05) is 27.7 Å². The highest BCUT2D eigenvalue weighted by atomic mass is 16.3. The lowest BCUT2D eigenvalue weighted by Crippen LogP contribution is -2.58. The fourth-order valence-corrected chi connectivity index (χ4v) is 5.25. The van der Waals surface area contributed by atoms with E-state index in [2.05, 4.69) is 0 Å². The molecule has 4 aliphatic carbocycles. The molecule has 4 saturated carbocycles. The van der Waals surface area contributed by atoms with Gasteiger partial charge in [-0.1, -0.05) is 13.8 Å². The Morgan fingerprint density at radius 2 is 1.83 bits per heavy atom. The minimum atomic E-state index is -0.802. The Hall–Kier alpha value is -0.700. The van der Waals surface area contributed by atoms with Crippen molar-refractivity contribution in [1.29, 1.82) is 0 Å². The van der Waals surface area contributed by atoms with E-state index in [0.29, 0.717) is 12.8 Å². The highest BCUT2D eigenvalue weighted by Gasteiger charge is 2.70. The number of Topliss-reactive ketones (excluding diaryl/α,β-unsaturated/α-hetero) is 2. The minimum Gasteiger partial charge on any atom is -0.390 e. The van der Waals surface area contributed by atoms with E-state index in [1.54, 1.807) is 0 Å². The third-order valence-electron chi connectivity index (χ3n) is 5.85. The lowest BCUT2D eigenvalue weighted by atomic mass is 9.49. The van der Waals surface area contributed by atoms with Crippen molar-refractivity contribution in [2.24, 2.45) is 28.6 Å². The molecular weight excluding hydrogens is 228 g/mol. The first kappa shape index (κ1) is 12.3. The maximum atomic E-state index is 12.7. The summed E-state index contributed by atoms with van der Waals surface area (Å²) in [7, 11) is 0. The average molecular weight is 250 g/mol. The van der Waals surface area contributed by atoms with E-state index in [4.69, 9.17) is 0 Å². The number of carbonyl (C=O) groups is 2. The Balaban J connectivity index is 2.12. The van der Waals surface area contributed by atoms with Crippen molar-refractivity contribution in [1.82, 2.24) is 0 Å². The number of fused-ring (bicyclic) bond motifs is 1. The van der Waals surface area contributed by atoms with E-state index in [1.165, 1.54) is 0 Å². The maximum Gasteiger partial charge on any atom is 0.145 e. The van der Waals surface area contributed by atoms with E-state index < -0.39 is 16.4 Å². The monoisotopic (exact) mass is 250 g/mol. The van der Waals surface area contributed by atoms with Crippen LogP contribution >= 0.6 is 0 Å². The minimum absolute atomic E-state index is 0.0718. The topological polar surface area (TPSA) is 54.4 Å². The first-order valence-electron chi connectivity index (χ1n) is 6.90. The molecule has 1 N–H and O–H groups in total. The van der Waals surface area contributed by atoms with Gasteiger partial charge in [0.2, 0.25) is 0 Å². The molecule has 4 fully saturated rings. The molecule has 4 bridgehead atoms. The Labute approximate surface area is 108 Å². The number of aliphatic hydroxyl groups is 1. The summed E-state index contributed by atoms with van der Waals surface area (Å²) < 4.78 is 0. The van der Waals surface area contributed by atoms with Crippen LogP contribution in [0.4, 0.5) is 0 Å². The Bertz CT molecular complexity index is 447. The van der Waals surface area contributed by atoms with Crippen LogP contribution < -0.4 is 0 Å². The normalized spacial score (nSPS) is 51.1. The molecule has 0 unspecified atom stereocenters. The van der Waals surface area contributed by atoms with Crippen molar-refractivity contribution in [3.63, 3.8) is 0 Å². The van der Waals surface area contributed by atoms with Crippen LogP contribution in [0.1, 0.15) is 47.0 Å². The van der Waals surface area contributed by atoms with Crippen molar-refractivity contribution in [3.8, 4) is 0 Å². The number of ketones is 2. The Morgan fingerprint density at radius 3 is 2.39 bits per heavy atom.